The number of carbonyl (C=O) groups is 1. The van der Waals surface area contributed by atoms with Crippen molar-refractivity contribution in [1.29, 1.82) is 0 Å². The van der Waals surface area contributed by atoms with Crippen molar-refractivity contribution in [2.75, 3.05) is 18.0 Å². The molecule has 0 aliphatic carbocycles. The third kappa shape index (κ3) is 3.07. The minimum Gasteiger partial charge on any atom is -0.313 e. The van der Waals surface area contributed by atoms with E-state index < -0.39 is 0 Å². The Bertz CT molecular complexity index is 399. The zero-order valence-electron chi connectivity index (χ0n) is 10.7. The van der Waals surface area contributed by atoms with Gasteiger partial charge in [0.2, 0.25) is 5.91 Å². The molecule has 18 heavy (non-hydrogen) atoms. The highest BCUT2D eigenvalue weighted by Gasteiger charge is 2.21. The molecule has 1 aliphatic rings. The highest BCUT2D eigenvalue weighted by molar-refractivity contribution is 5.93. The van der Waals surface area contributed by atoms with Crippen LogP contribution in [0.5, 0.6) is 0 Å². The van der Waals surface area contributed by atoms with Crippen LogP contribution in [0.4, 0.5) is 10.1 Å². The Morgan fingerprint density at radius 3 is 2.72 bits per heavy atom. The van der Waals surface area contributed by atoms with E-state index in [0.717, 1.165) is 25.1 Å². The molecule has 2 rings (SSSR count). The molecular formula is C14H19FN2O. The highest BCUT2D eigenvalue weighted by Crippen LogP contribution is 2.18. The van der Waals surface area contributed by atoms with Crippen molar-refractivity contribution in [2.45, 2.75) is 32.2 Å². The summed E-state index contributed by atoms with van der Waals surface area (Å²) >= 11 is 0. The van der Waals surface area contributed by atoms with Crippen molar-refractivity contribution >= 4 is 11.6 Å². The molecule has 1 fully saturated rings. The number of rotatable bonds is 4. The Morgan fingerprint density at radius 2 is 2.17 bits per heavy atom. The van der Waals surface area contributed by atoms with Gasteiger partial charge in [-0.3, -0.25) is 4.79 Å². The zero-order valence-corrected chi connectivity index (χ0v) is 10.7. The summed E-state index contributed by atoms with van der Waals surface area (Å²) in [4.78, 5) is 13.9. The van der Waals surface area contributed by atoms with Crippen LogP contribution in [0, 0.1) is 5.82 Å². The number of benzene rings is 1. The maximum atomic E-state index is 12.9. The summed E-state index contributed by atoms with van der Waals surface area (Å²) in [6, 6.07) is 6.38. The van der Waals surface area contributed by atoms with Crippen molar-refractivity contribution in [3.05, 3.63) is 30.1 Å². The lowest BCUT2D eigenvalue weighted by Gasteiger charge is -2.22. The first-order chi connectivity index (χ1) is 8.70. The number of halogens is 1. The largest absolute Gasteiger partial charge is 0.313 e. The second-order valence-electron chi connectivity index (χ2n) is 4.61. The quantitative estimate of drug-likeness (QED) is 0.889. The van der Waals surface area contributed by atoms with E-state index in [9.17, 15) is 9.18 Å². The van der Waals surface area contributed by atoms with E-state index in [1.54, 1.807) is 17.0 Å². The molecule has 1 aromatic rings. The normalized spacial score (nSPS) is 18.9. The van der Waals surface area contributed by atoms with Crippen LogP contribution in [-0.4, -0.2) is 25.0 Å². The monoisotopic (exact) mass is 250 g/mol. The molecular weight excluding hydrogens is 231 g/mol. The van der Waals surface area contributed by atoms with Crippen LogP contribution >= 0.6 is 0 Å². The van der Waals surface area contributed by atoms with Crippen molar-refractivity contribution in [3.63, 3.8) is 0 Å². The Morgan fingerprint density at radius 1 is 1.44 bits per heavy atom. The Kier molecular flexibility index (Phi) is 4.31. The van der Waals surface area contributed by atoms with Crippen molar-refractivity contribution < 1.29 is 9.18 Å². The molecule has 4 heteroatoms. The molecule has 0 radical (unpaired) electrons. The number of hydrogen-bond donors (Lipinski definition) is 1. The molecule has 1 amide bonds. The number of amides is 1. The van der Waals surface area contributed by atoms with Gasteiger partial charge in [0, 0.05) is 24.7 Å². The van der Waals surface area contributed by atoms with Gasteiger partial charge in [0.25, 0.3) is 0 Å². The van der Waals surface area contributed by atoms with Gasteiger partial charge < -0.3 is 10.2 Å². The molecule has 1 atom stereocenters. The molecule has 0 aromatic heterocycles. The predicted octanol–water partition coefficient (Wildman–Crippen LogP) is 2.32. The first kappa shape index (κ1) is 13.0. The predicted molar refractivity (Wildman–Crippen MR) is 70.1 cm³/mol. The van der Waals surface area contributed by atoms with E-state index in [4.69, 9.17) is 0 Å². The molecule has 1 aliphatic heterocycles. The average Bonchev–Trinajstić information content (AvgIpc) is 2.85. The van der Waals surface area contributed by atoms with E-state index >= 15 is 0 Å². The van der Waals surface area contributed by atoms with Crippen LogP contribution in [0.15, 0.2) is 24.3 Å². The number of anilines is 1. The molecule has 3 nitrogen and oxygen atoms in total. The summed E-state index contributed by atoms with van der Waals surface area (Å²) in [6.45, 7) is 3.54. The van der Waals surface area contributed by atoms with E-state index in [0.29, 0.717) is 19.0 Å². The van der Waals surface area contributed by atoms with Gasteiger partial charge in [0.1, 0.15) is 5.82 Å². The first-order valence-corrected chi connectivity index (χ1v) is 6.50. The summed E-state index contributed by atoms with van der Waals surface area (Å²) in [5.41, 5.74) is 0.766. The van der Waals surface area contributed by atoms with Gasteiger partial charge in [-0.2, -0.15) is 0 Å². The van der Waals surface area contributed by atoms with Crippen LogP contribution in [0.2, 0.25) is 0 Å². The molecule has 98 valence electrons. The maximum absolute atomic E-state index is 12.9. The second-order valence-corrected chi connectivity index (χ2v) is 4.61. The van der Waals surface area contributed by atoms with E-state index in [2.05, 4.69) is 5.32 Å². The number of hydrogen-bond acceptors (Lipinski definition) is 2. The smallest absolute Gasteiger partial charge is 0.228 e. The first-order valence-electron chi connectivity index (χ1n) is 6.50. The molecule has 1 N–H and O–H groups in total. The van der Waals surface area contributed by atoms with E-state index in [-0.39, 0.29) is 11.7 Å². The second kappa shape index (κ2) is 5.96. The fourth-order valence-corrected chi connectivity index (χ4v) is 2.38. The third-order valence-electron chi connectivity index (χ3n) is 3.34. The van der Waals surface area contributed by atoms with Crippen LogP contribution in [-0.2, 0) is 4.79 Å². The Balaban J connectivity index is 2.02. The summed E-state index contributed by atoms with van der Waals surface area (Å²) in [5.74, 6) is -0.178. The van der Waals surface area contributed by atoms with Crippen molar-refractivity contribution in [2.24, 2.45) is 0 Å². The molecule has 1 saturated heterocycles. The molecule has 1 aromatic carbocycles. The topological polar surface area (TPSA) is 32.3 Å². The minimum atomic E-state index is -0.278. The lowest BCUT2D eigenvalue weighted by molar-refractivity contribution is -0.119. The van der Waals surface area contributed by atoms with Crippen LogP contribution in [0.1, 0.15) is 26.2 Å². The van der Waals surface area contributed by atoms with Gasteiger partial charge in [-0.25, -0.2) is 4.39 Å². The minimum absolute atomic E-state index is 0.100. The average molecular weight is 250 g/mol. The van der Waals surface area contributed by atoms with Gasteiger partial charge in [-0.15, -0.1) is 0 Å². The van der Waals surface area contributed by atoms with Gasteiger partial charge in [-0.05, 0) is 50.6 Å². The van der Waals surface area contributed by atoms with Gasteiger partial charge in [0.05, 0.1) is 0 Å². The van der Waals surface area contributed by atoms with Crippen molar-refractivity contribution in [3.8, 4) is 0 Å². The van der Waals surface area contributed by atoms with Crippen LogP contribution in [0.3, 0.4) is 0 Å². The Labute approximate surface area is 107 Å². The van der Waals surface area contributed by atoms with Gasteiger partial charge in [0.15, 0.2) is 0 Å². The summed E-state index contributed by atoms with van der Waals surface area (Å²) in [6.07, 6.45) is 2.72. The third-order valence-corrected chi connectivity index (χ3v) is 3.34. The summed E-state index contributed by atoms with van der Waals surface area (Å²) < 4.78 is 12.9. The number of nitrogens with one attached hydrogen (secondary N) is 1. The van der Waals surface area contributed by atoms with E-state index in [1.807, 2.05) is 6.92 Å². The number of nitrogens with zero attached hydrogens (tertiary/aromatic N) is 1. The van der Waals surface area contributed by atoms with Gasteiger partial charge >= 0.3 is 0 Å². The molecule has 0 saturated carbocycles. The number of carbonyl (C=O) groups excluding carboxylic acids is 1. The molecule has 0 spiro atoms. The summed E-state index contributed by atoms with van der Waals surface area (Å²) in [5, 5.41) is 3.32. The van der Waals surface area contributed by atoms with Crippen LogP contribution in [0.25, 0.3) is 0 Å². The maximum Gasteiger partial charge on any atom is 0.228 e. The summed E-state index contributed by atoms with van der Waals surface area (Å²) in [7, 11) is 0. The fraction of sp³-hybridized carbons (Fsp3) is 0.500. The fourth-order valence-electron chi connectivity index (χ4n) is 2.38. The van der Waals surface area contributed by atoms with Crippen LogP contribution < -0.4 is 10.2 Å². The van der Waals surface area contributed by atoms with E-state index in [1.165, 1.54) is 12.1 Å². The zero-order chi connectivity index (χ0) is 13.0. The highest BCUT2D eigenvalue weighted by atomic mass is 19.1. The van der Waals surface area contributed by atoms with Crippen molar-refractivity contribution in [1.82, 2.24) is 5.32 Å². The Hall–Kier alpha value is -1.42. The molecule has 0 bridgehead atoms. The molecule has 1 unspecified atom stereocenters. The van der Waals surface area contributed by atoms with Gasteiger partial charge in [-0.1, -0.05) is 0 Å². The SMILES string of the molecule is CCN(C(=O)CC1CCCN1)c1ccc(F)cc1. The lowest BCUT2D eigenvalue weighted by atomic mass is 10.1. The molecule has 1 heterocycles. The lowest BCUT2D eigenvalue weighted by Crippen LogP contribution is -2.35. The standard InChI is InChI=1S/C14H19FN2O/c1-2-17(13-7-5-11(15)6-8-13)14(18)10-12-4-3-9-16-12/h5-8,12,16H,2-4,9-10H2,1H3.